The van der Waals surface area contributed by atoms with Crippen molar-refractivity contribution in [3.05, 3.63) is 64.7 Å². The zero-order chi connectivity index (χ0) is 13.8. The smallest absolute Gasteiger partial charge is 0.120 e. The largest absolute Gasteiger partial charge is 0.489 e. The second-order valence-electron chi connectivity index (χ2n) is 4.91. The minimum atomic E-state index is -0.469. The molecule has 2 aromatic rings. The van der Waals surface area contributed by atoms with Crippen LogP contribution in [-0.4, -0.2) is 5.11 Å². The molecule has 0 radical (unpaired) electrons. The van der Waals surface area contributed by atoms with Crippen molar-refractivity contribution in [3.63, 3.8) is 0 Å². The Balaban J connectivity index is 2.12. The van der Waals surface area contributed by atoms with E-state index in [-0.39, 0.29) is 0 Å². The van der Waals surface area contributed by atoms with E-state index in [2.05, 4.69) is 32.0 Å². The fourth-order valence-corrected chi connectivity index (χ4v) is 2.10. The molecule has 1 N–H and O–H groups in total. The second-order valence-corrected chi connectivity index (χ2v) is 4.91. The van der Waals surface area contributed by atoms with Crippen LogP contribution in [0.5, 0.6) is 5.75 Å². The van der Waals surface area contributed by atoms with E-state index in [0.29, 0.717) is 6.61 Å². The van der Waals surface area contributed by atoms with Crippen molar-refractivity contribution >= 4 is 0 Å². The first-order valence-electron chi connectivity index (χ1n) is 6.54. The summed E-state index contributed by atoms with van der Waals surface area (Å²) in [5.74, 6) is 0.793. The van der Waals surface area contributed by atoms with Gasteiger partial charge in [0.2, 0.25) is 0 Å². The summed E-state index contributed by atoms with van der Waals surface area (Å²) in [7, 11) is 0. The number of benzene rings is 2. The van der Waals surface area contributed by atoms with Gasteiger partial charge in [0.1, 0.15) is 12.4 Å². The lowest BCUT2D eigenvalue weighted by Crippen LogP contribution is -2.01. The third kappa shape index (κ3) is 3.36. The SMILES string of the molecule is Cc1cccc(C)c1COc1cccc([C@@H](C)O)c1. The van der Waals surface area contributed by atoms with Crippen molar-refractivity contribution in [2.45, 2.75) is 33.5 Å². The molecule has 0 fully saturated rings. The van der Waals surface area contributed by atoms with Gasteiger partial charge in [-0.2, -0.15) is 0 Å². The molecule has 0 aliphatic rings. The molecular weight excluding hydrogens is 236 g/mol. The lowest BCUT2D eigenvalue weighted by Gasteiger charge is -2.13. The summed E-state index contributed by atoms with van der Waals surface area (Å²) in [4.78, 5) is 0. The van der Waals surface area contributed by atoms with Gasteiger partial charge < -0.3 is 9.84 Å². The number of hydrogen-bond donors (Lipinski definition) is 1. The molecule has 100 valence electrons. The first-order chi connectivity index (χ1) is 9.08. The van der Waals surface area contributed by atoms with Gasteiger partial charge in [0.25, 0.3) is 0 Å². The van der Waals surface area contributed by atoms with Crippen LogP contribution < -0.4 is 4.74 Å². The molecule has 1 atom stereocenters. The normalized spacial score (nSPS) is 12.2. The Hall–Kier alpha value is -1.80. The Bertz CT molecular complexity index is 539. The summed E-state index contributed by atoms with van der Waals surface area (Å²) in [6.45, 7) is 6.50. The molecule has 0 aliphatic carbocycles. The standard InChI is InChI=1S/C17H20O2/c1-12-6-4-7-13(2)17(12)11-19-16-9-5-8-15(10-16)14(3)18/h4-10,14,18H,11H2,1-3H3/t14-/m1/s1. The topological polar surface area (TPSA) is 29.5 Å². The van der Waals surface area contributed by atoms with Gasteiger partial charge in [-0.25, -0.2) is 0 Å². The lowest BCUT2D eigenvalue weighted by molar-refractivity contribution is 0.198. The Morgan fingerprint density at radius 3 is 2.32 bits per heavy atom. The van der Waals surface area contributed by atoms with E-state index in [1.165, 1.54) is 16.7 Å². The van der Waals surface area contributed by atoms with E-state index >= 15 is 0 Å². The van der Waals surface area contributed by atoms with Gasteiger partial charge in [-0.15, -0.1) is 0 Å². The van der Waals surface area contributed by atoms with Crippen LogP contribution in [0.1, 0.15) is 35.3 Å². The third-order valence-corrected chi connectivity index (χ3v) is 3.37. The molecule has 0 saturated carbocycles. The molecular formula is C17H20O2. The van der Waals surface area contributed by atoms with Crippen LogP contribution in [0.25, 0.3) is 0 Å². The van der Waals surface area contributed by atoms with Crippen molar-refractivity contribution in [1.82, 2.24) is 0 Å². The molecule has 0 spiro atoms. The second kappa shape index (κ2) is 5.89. The zero-order valence-electron chi connectivity index (χ0n) is 11.7. The van der Waals surface area contributed by atoms with E-state index < -0.39 is 6.10 Å². The van der Waals surface area contributed by atoms with Crippen molar-refractivity contribution in [1.29, 1.82) is 0 Å². The fourth-order valence-electron chi connectivity index (χ4n) is 2.10. The van der Waals surface area contributed by atoms with Crippen molar-refractivity contribution in [2.75, 3.05) is 0 Å². The lowest BCUT2D eigenvalue weighted by atomic mass is 10.0. The summed E-state index contributed by atoms with van der Waals surface area (Å²) in [5.41, 5.74) is 4.59. The van der Waals surface area contributed by atoms with Gasteiger partial charge in [-0.05, 0) is 55.2 Å². The summed E-state index contributed by atoms with van der Waals surface area (Å²) >= 11 is 0. The molecule has 0 aromatic heterocycles. The number of hydrogen-bond acceptors (Lipinski definition) is 2. The number of ether oxygens (including phenoxy) is 1. The highest BCUT2D eigenvalue weighted by molar-refractivity contribution is 5.34. The highest BCUT2D eigenvalue weighted by atomic mass is 16.5. The average Bonchev–Trinajstić information content (AvgIpc) is 2.38. The summed E-state index contributed by atoms with van der Waals surface area (Å²) in [5, 5.41) is 9.57. The Kier molecular flexibility index (Phi) is 4.23. The fraction of sp³-hybridized carbons (Fsp3) is 0.294. The van der Waals surface area contributed by atoms with Gasteiger partial charge in [-0.3, -0.25) is 0 Å². The molecule has 2 heteroatoms. The highest BCUT2D eigenvalue weighted by Crippen LogP contribution is 2.21. The molecule has 19 heavy (non-hydrogen) atoms. The minimum absolute atomic E-state index is 0.469. The predicted molar refractivity (Wildman–Crippen MR) is 77.3 cm³/mol. The number of aliphatic hydroxyl groups is 1. The van der Waals surface area contributed by atoms with Crippen molar-refractivity contribution < 1.29 is 9.84 Å². The maximum absolute atomic E-state index is 9.57. The average molecular weight is 256 g/mol. The molecule has 2 nitrogen and oxygen atoms in total. The number of aryl methyl sites for hydroxylation is 2. The summed E-state index contributed by atoms with van der Waals surface area (Å²) < 4.78 is 5.83. The molecule has 0 heterocycles. The van der Waals surface area contributed by atoms with Crippen LogP contribution in [0.4, 0.5) is 0 Å². The van der Waals surface area contributed by atoms with Crippen LogP contribution in [-0.2, 0) is 6.61 Å². The van der Waals surface area contributed by atoms with E-state index in [4.69, 9.17) is 4.74 Å². The van der Waals surface area contributed by atoms with E-state index in [9.17, 15) is 5.11 Å². The zero-order valence-corrected chi connectivity index (χ0v) is 11.7. The third-order valence-electron chi connectivity index (χ3n) is 3.37. The van der Waals surface area contributed by atoms with Crippen LogP contribution in [0.3, 0.4) is 0 Å². The number of aliphatic hydroxyl groups excluding tert-OH is 1. The Morgan fingerprint density at radius 1 is 1.05 bits per heavy atom. The quantitative estimate of drug-likeness (QED) is 0.898. The van der Waals surface area contributed by atoms with Crippen molar-refractivity contribution in [3.8, 4) is 5.75 Å². The van der Waals surface area contributed by atoms with Crippen LogP contribution in [0, 0.1) is 13.8 Å². The summed E-state index contributed by atoms with van der Waals surface area (Å²) in [6, 6.07) is 13.9. The van der Waals surface area contributed by atoms with Gasteiger partial charge >= 0.3 is 0 Å². The minimum Gasteiger partial charge on any atom is -0.489 e. The van der Waals surface area contributed by atoms with Gasteiger partial charge in [0.15, 0.2) is 0 Å². The van der Waals surface area contributed by atoms with Gasteiger partial charge in [-0.1, -0.05) is 30.3 Å². The first-order valence-corrected chi connectivity index (χ1v) is 6.54. The Labute approximate surface area is 114 Å². The van der Waals surface area contributed by atoms with Gasteiger partial charge in [0, 0.05) is 0 Å². The van der Waals surface area contributed by atoms with Gasteiger partial charge in [0.05, 0.1) is 6.10 Å². The van der Waals surface area contributed by atoms with E-state index in [0.717, 1.165) is 11.3 Å². The Morgan fingerprint density at radius 2 is 1.68 bits per heavy atom. The molecule has 0 bridgehead atoms. The monoisotopic (exact) mass is 256 g/mol. The molecule has 2 aromatic carbocycles. The summed E-state index contributed by atoms with van der Waals surface area (Å²) in [6.07, 6.45) is -0.469. The van der Waals surface area contributed by atoms with Crippen LogP contribution >= 0.6 is 0 Å². The highest BCUT2D eigenvalue weighted by Gasteiger charge is 2.05. The number of rotatable bonds is 4. The first kappa shape index (κ1) is 13.6. The molecule has 2 rings (SSSR count). The molecule has 0 aliphatic heterocycles. The van der Waals surface area contributed by atoms with Crippen LogP contribution in [0.15, 0.2) is 42.5 Å². The van der Waals surface area contributed by atoms with E-state index in [1.807, 2.05) is 24.3 Å². The molecule has 0 unspecified atom stereocenters. The van der Waals surface area contributed by atoms with Crippen molar-refractivity contribution in [2.24, 2.45) is 0 Å². The maximum atomic E-state index is 9.57. The predicted octanol–water partition coefficient (Wildman–Crippen LogP) is 3.94. The maximum Gasteiger partial charge on any atom is 0.120 e. The van der Waals surface area contributed by atoms with E-state index in [1.54, 1.807) is 6.92 Å². The molecule has 0 saturated heterocycles. The molecule has 0 amide bonds. The van der Waals surface area contributed by atoms with Crippen LogP contribution in [0.2, 0.25) is 0 Å².